The number of hydrogen-bond acceptors (Lipinski definition) is 2. The van der Waals surface area contributed by atoms with Crippen molar-refractivity contribution in [2.45, 2.75) is 59.5 Å². The van der Waals surface area contributed by atoms with Gasteiger partial charge in [-0.05, 0) is 56.7 Å². The average molecular weight is 309 g/mol. The first kappa shape index (κ1) is 16.6. The summed E-state index contributed by atoms with van der Waals surface area (Å²) in [7, 11) is 0. The van der Waals surface area contributed by atoms with E-state index in [9.17, 15) is 0 Å². The number of anilines is 1. The summed E-state index contributed by atoms with van der Waals surface area (Å²) in [5.41, 5.74) is 2.94. The molecule has 0 unspecified atom stereocenters. The zero-order valence-corrected chi connectivity index (χ0v) is 14.8. The van der Waals surface area contributed by atoms with Gasteiger partial charge >= 0.3 is 0 Å². The lowest BCUT2D eigenvalue weighted by Crippen LogP contribution is -2.40. The third-order valence-corrected chi connectivity index (χ3v) is 4.46. The van der Waals surface area contributed by atoms with E-state index in [4.69, 9.17) is 11.6 Å². The Balaban J connectivity index is 2.08. The number of rotatable bonds is 3. The van der Waals surface area contributed by atoms with Crippen LogP contribution in [-0.4, -0.2) is 18.6 Å². The summed E-state index contributed by atoms with van der Waals surface area (Å²) in [4.78, 5) is 2.47. The van der Waals surface area contributed by atoms with Crippen LogP contribution < -0.4 is 10.2 Å². The normalized spacial score (nSPS) is 18.9. The number of nitrogens with one attached hydrogen (secondary N) is 1. The number of hydrogen-bond donors (Lipinski definition) is 1. The van der Waals surface area contributed by atoms with Crippen molar-refractivity contribution in [2.75, 3.05) is 18.0 Å². The molecule has 1 fully saturated rings. The van der Waals surface area contributed by atoms with Gasteiger partial charge in [0.05, 0.1) is 0 Å². The van der Waals surface area contributed by atoms with Crippen molar-refractivity contribution in [3.05, 3.63) is 28.8 Å². The highest BCUT2D eigenvalue weighted by Crippen LogP contribution is 2.33. The van der Waals surface area contributed by atoms with Crippen LogP contribution in [0.15, 0.2) is 18.2 Å². The third-order valence-electron chi connectivity index (χ3n) is 4.11. The highest BCUT2D eigenvalue weighted by Gasteiger charge is 2.26. The summed E-state index contributed by atoms with van der Waals surface area (Å²) in [5.74, 6) is 0. The first-order valence-electron chi connectivity index (χ1n) is 7.95. The van der Waals surface area contributed by atoms with Crippen LogP contribution in [0, 0.1) is 5.41 Å². The Hall–Kier alpha value is -0.730. The van der Waals surface area contributed by atoms with Crippen molar-refractivity contribution >= 4 is 17.3 Å². The summed E-state index contributed by atoms with van der Waals surface area (Å²) < 4.78 is 0. The van der Waals surface area contributed by atoms with Crippen LogP contribution in [0.25, 0.3) is 0 Å². The second-order valence-corrected chi connectivity index (χ2v) is 8.48. The van der Waals surface area contributed by atoms with Crippen LogP contribution in [0.1, 0.15) is 53.0 Å². The molecule has 0 aliphatic carbocycles. The van der Waals surface area contributed by atoms with Gasteiger partial charge in [-0.15, -0.1) is 0 Å². The molecule has 0 bridgehead atoms. The van der Waals surface area contributed by atoms with Gasteiger partial charge < -0.3 is 10.2 Å². The molecule has 1 aromatic carbocycles. The number of halogens is 1. The molecule has 1 aliphatic heterocycles. The molecule has 21 heavy (non-hydrogen) atoms. The molecule has 2 rings (SSSR count). The molecule has 0 spiro atoms. The molecule has 1 aliphatic rings. The molecule has 0 amide bonds. The van der Waals surface area contributed by atoms with Crippen LogP contribution in [0.4, 0.5) is 5.69 Å². The van der Waals surface area contributed by atoms with Crippen LogP contribution in [0.3, 0.4) is 0 Å². The lowest BCUT2D eigenvalue weighted by Gasteiger charge is -2.39. The van der Waals surface area contributed by atoms with E-state index in [1.807, 2.05) is 0 Å². The van der Waals surface area contributed by atoms with Gasteiger partial charge in [0, 0.05) is 35.9 Å². The number of nitrogens with zero attached hydrogens (tertiary/aromatic N) is 1. The van der Waals surface area contributed by atoms with Crippen molar-refractivity contribution in [1.82, 2.24) is 5.32 Å². The van der Waals surface area contributed by atoms with Crippen molar-refractivity contribution in [3.63, 3.8) is 0 Å². The molecule has 118 valence electrons. The SMILES string of the molecule is CC1(C)CCCN(c2ccc(CNC(C)(C)C)c(Cl)c2)C1. The summed E-state index contributed by atoms with van der Waals surface area (Å²) >= 11 is 6.48. The fourth-order valence-corrected chi connectivity index (χ4v) is 3.12. The van der Waals surface area contributed by atoms with Crippen molar-refractivity contribution in [3.8, 4) is 0 Å². The fraction of sp³-hybridized carbons (Fsp3) is 0.667. The lowest BCUT2D eigenvalue weighted by molar-refractivity contribution is 0.293. The monoisotopic (exact) mass is 308 g/mol. The molecule has 2 nitrogen and oxygen atoms in total. The topological polar surface area (TPSA) is 15.3 Å². The van der Waals surface area contributed by atoms with E-state index in [-0.39, 0.29) is 5.54 Å². The minimum Gasteiger partial charge on any atom is -0.371 e. The quantitative estimate of drug-likeness (QED) is 0.858. The van der Waals surface area contributed by atoms with Crippen LogP contribution in [0.5, 0.6) is 0 Å². The molecule has 3 heteroatoms. The van der Waals surface area contributed by atoms with E-state index in [1.54, 1.807) is 0 Å². The Morgan fingerprint density at radius 3 is 2.57 bits per heavy atom. The highest BCUT2D eigenvalue weighted by molar-refractivity contribution is 6.31. The molecule has 0 saturated carbocycles. The molecule has 1 N–H and O–H groups in total. The summed E-state index contributed by atoms with van der Waals surface area (Å²) in [5, 5.41) is 4.36. The highest BCUT2D eigenvalue weighted by atomic mass is 35.5. The van der Waals surface area contributed by atoms with Gasteiger partial charge in [-0.25, -0.2) is 0 Å². The molecule has 1 saturated heterocycles. The molecular weight excluding hydrogens is 280 g/mol. The van der Waals surface area contributed by atoms with Gasteiger partial charge in [-0.2, -0.15) is 0 Å². The van der Waals surface area contributed by atoms with Crippen molar-refractivity contribution in [2.24, 2.45) is 5.41 Å². The first-order chi connectivity index (χ1) is 9.66. The van der Waals surface area contributed by atoms with Gasteiger partial charge in [0.2, 0.25) is 0 Å². The minimum absolute atomic E-state index is 0.110. The Morgan fingerprint density at radius 2 is 2.00 bits per heavy atom. The first-order valence-corrected chi connectivity index (χ1v) is 8.33. The maximum atomic E-state index is 6.48. The molecule has 1 aromatic rings. The van der Waals surface area contributed by atoms with E-state index < -0.39 is 0 Å². The fourth-order valence-electron chi connectivity index (χ4n) is 2.88. The molecule has 1 heterocycles. The Morgan fingerprint density at radius 1 is 1.29 bits per heavy atom. The number of piperidine rings is 1. The Bertz CT molecular complexity index is 488. The smallest absolute Gasteiger partial charge is 0.0471 e. The third kappa shape index (κ3) is 4.89. The zero-order valence-electron chi connectivity index (χ0n) is 14.1. The summed E-state index contributed by atoms with van der Waals surface area (Å²) in [6, 6.07) is 6.51. The van der Waals surface area contributed by atoms with E-state index in [0.717, 1.165) is 24.7 Å². The largest absolute Gasteiger partial charge is 0.371 e. The van der Waals surface area contributed by atoms with Crippen LogP contribution in [-0.2, 0) is 6.54 Å². The zero-order chi connectivity index (χ0) is 15.7. The molecule has 0 atom stereocenters. The van der Waals surface area contributed by atoms with Gasteiger partial charge in [-0.1, -0.05) is 31.5 Å². The maximum Gasteiger partial charge on any atom is 0.0471 e. The molecule has 0 radical (unpaired) electrons. The van der Waals surface area contributed by atoms with Gasteiger partial charge in [0.15, 0.2) is 0 Å². The minimum atomic E-state index is 0.110. The predicted molar refractivity (Wildman–Crippen MR) is 93.3 cm³/mol. The van der Waals surface area contributed by atoms with E-state index >= 15 is 0 Å². The molecule has 0 aromatic heterocycles. The van der Waals surface area contributed by atoms with E-state index in [2.05, 4.69) is 63.0 Å². The summed E-state index contributed by atoms with van der Waals surface area (Å²) in [6.07, 6.45) is 2.57. The average Bonchev–Trinajstić information content (AvgIpc) is 2.35. The second-order valence-electron chi connectivity index (χ2n) is 8.07. The standard InChI is InChI=1S/C18H29ClN2/c1-17(2,3)20-12-14-7-8-15(11-16(14)19)21-10-6-9-18(4,5)13-21/h7-8,11,20H,6,9-10,12-13H2,1-5H3. The van der Waals surface area contributed by atoms with Crippen LogP contribution in [0.2, 0.25) is 5.02 Å². The number of benzene rings is 1. The maximum absolute atomic E-state index is 6.48. The molecular formula is C18H29ClN2. The lowest BCUT2D eigenvalue weighted by atomic mass is 9.84. The van der Waals surface area contributed by atoms with E-state index in [1.165, 1.54) is 24.1 Å². The van der Waals surface area contributed by atoms with Gasteiger partial charge in [0.1, 0.15) is 0 Å². The predicted octanol–water partition coefficient (Wildman–Crippen LogP) is 4.85. The summed E-state index contributed by atoms with van der Waals surface area (Å²) in [6.45, 7) is 14.3. The Labute approximate surface area is 134 Å². The van der Waals surface area contributed by atoms with Crippen LogP contribution >= 0.6 is 11.6 Å². The van der Waals surface area contributed by atoms with Gasteiger partial charge in [0.25, 0.3) is 0 Å². The second kappa shape index (κ2) is 6.18. The Kier molecular flexibility index (Phi) is 4.89. The van der Waals surface area contributed by atoms with E-state index in [0.29, 0.717) is 5.41 Å². The van der Waals surface area contributed by atoms with Gasteiger partial charge in [-0.3, -0.25) is 0 Å². The van der Waals surface area contributed by atoms with Crippen molar-refractivity contribution < 1.29 is 0 Å². The van der Waals surface area contributed by atoms with Crippen molar-refractivity contribution in [1.29, 1.82) is 0 Å².